The van der Waals surface area contributed by atoms with E-state index in [4.69, 9.17) is 15.2 Å². The minimum Gasteiger partial charge on any atom is -0.468 e. The van der Waals surface area contributed by atoms with Gasteiger partial charge in [-0.2, -0.15) is 11.8 Å². The molecule has 2 fully saturated rings. The minimum atomic E-state index is -0.790. The SMILES string of the molecule is COC(=O)C(N)(CSC1CCOC1C)C1CC1. The Hall–Kier alpha value is -0.260. The number of hydrogen-bond acceptors (Lipinski definition) is 5. The van der Waals surface area contributed by atoms with Crippen molar-refractivity contribution in [2.45, 2.75) is 43.1 Å². The molecule has 0 bridgehead atoms. The number of nitrogens with two attached hydrogens (primary N) is 1. The first kappa shape index (κ1) is 13.2. The molecule has 4 nitrogen and oxygen atoms in total. The molecule has 0 spiro atoms. The van der Waals surface area contributed by atoms with Gasteiger partial charge < -0.3 is 15.2 Å². The smallest absolute Gasteiger partial charge is 0.326 e. The van der Waals surface area contributed by atoms with E-state index in [1.165, 1.54) is 7.11 Å². The van der Waals surface area contributed by atoms with E-state index in [0.717, 1.165) is 25.9 Å². The highest BCUT2D eigenvalue weighted by atomic mass is 32.2. The highest BCUT2D eigenvalue weighted by Crippen LogP contribution is 2.42. The fourth-order valence-corrected chi connectivity index (χ4v) is 3.76. The van der Waals surface area contributed by atoms with Gasteiger partial charge in [0.15, 0.2) is 0 Å². The van der Waals surface area contributed by atoms with Crippen LogP contribution in [0.1, 0.15) is 26.2 Å². The summed E-state index contributed by atoms with van der Waals surface area (Å²) in [6.07, 6.45) is 3.40. The van der Waals surface area contributed by atoms with Gasteiger partial charge in [-0.05, 0) is 32.1 Å². The van der Waals surface area contributed by atoms with Crippen molar-refractivity contribution >= 4 is 17.7 Å². The first-order valence-electron chi connectivity index (χ1n) is 6.18. The average molecular weight is 259 g/mol. The van der Waals surface area contributed by atoms with Gasteiger partial charge in [0.1, 0.15) is 5.54 Å². The van der Waals surface area contributed by atoms with Gasteiger partial charge in [0, 0.05) is 17.6 Å². The first-order valence-corrected chi connectivity index (χ1v) is 7.23. The predicted molar refractivity (Wildman–Crippen MR) is 67.9 cm³/mol. The highest BCUT2D eigenvalue weighted by molar-refractivity contribution is 8.00. The molecule has 2 N–H and O–H groups in total. The van der Waals surface area contributed by atoms with E-state index in [1.807, 2.05) is 0 Å². The van der Waals surface area contributed by atoms with Crippen molar-refractivity contribution in [2.75, 3.05) is 19.5 Å². The fraction of sp³-hybridized carbons (Fsp3) is 0.917. The Kier molecular flexibility index (Phi) is 4.00. The summed E-state index contributed by atoms with van der Waals surface area (Å²) in [6, 6.07) is 0. The molecule has 1 aliphatic heterocycles. The lowest BCUT2D eigenvalue weighted by atomic mass is 9.97. The summed E-state index contributed by atoms with van der Waals surface area (Å²) in [5, 5.41) is 0.460. The molecule has 1 saturated heterocycles. The van der Waals surface area contributed by atoms with E-state index in [1.54, 1.807) is 11.8 Å². The van der Waals surface area contributed by atoms with E-state index in [2.05, 4.69) is 6.92 Å². The quantitative estimate of drug-likeness (QED) is 0.751. The van der Waals surface area contributed by atoms with Crippen molar-refractivity contribution in [2.24, 2.45) is 11.7 Å². The van der Waals surface area contributed by atoms with Gasteiger partial charge >= 0.3 is 5.97 Å². The number of carbonyl (C=O) groups is 1. The third kappa shape index (κ3) is 2.77. The number of thioether (sulfide) groups is 1. The van der Waals surface area contributed by atoms with Crippen LogP contribution in [0.4, 0.5) is 0 Å². The van der Waals surface area contributed by atoms with Crippen LogP contribution in [0.2, 0.25) is 0 Å². The van der Waals surface area contributed by atoms with Crippen LogP contribution in [0.3, 0.4) is 0 Å². The Morgan fingerprint density at radius 3 is 2.71 bits per heavy atom. The van der Waals surface area contributed by atoms with E-state index in [0.29, 0.717) is 16.9 Å². The topological polar surface area (TPSA) is 61.5 Å². The zero-order valence-electron chi connectivity index (χ0n) is 10.5. The molecule has 3 atom stereocenters. The Morgan fingerprint density at radius 1 is 1.53 bits per heavy atom. The number of carbonyl (C=O) groups excluding carboxylic acids is 1. The lowest BCUT2D eigenvalue weighted by Gasteiger charge is -2.27. The number of esters is 1. The molecular weight excluding hydrogens is 238 g/mol. The summed E-state index contributed by atoms with van der Waals surface area (Å²) < 4.78 is 10.4. The third-order valence-corrected chi connectivity index (χ3v) is 5.41. The van der Waals surface area contributed by atoms with Gasteiger partial charge in [-0.25, -0.2) is 0 Å². The van der Waals surface area contributed by atoms with Crippen LogP contribution < -0.4 is 5.73 Å². The highest BCUT2D eigenvalue weighted by Gasteiger charge is 2.49. The van der Waals surface area contributed by atoms with E-state index >= 15 is 0 Å². The van der Waals surface area contributed by atoms with Gasteiger partial charge in [0.2, 0.25) is 0 Å². The van der Waals surface area contributed by atoms with Gasteiger partial charge in [-0.3, -0.25) is 4.79 Å². The van der Waals surface area contributed by atoms with Crippen molar-refractivity contribution in [3.63, 3.8) is 0 Å². The summed E-state index contributed by atoms with van der Waals surface area (Å²) in [7, 11) is 1.41. The zero-order valence-corrected chi connectivity index (χ0v) is 11.3. The zero-order chi connectivity index (χ0) is 12.5. The van der Waals surface area contributed by atoms with Gasteiger partial charge in [0.25, 0.3) is 0 Å². The number of ether oxygens (including phenoxy) is 2. The maximum absolute atomic E-state index is 11.8. The van der Waals surface area contributed by atoms with Crippen molar-refractivity contribution in [3.05, 3.63) is 0 Å². The molecule has 98 valence electrons. The van der Waals surface area contributed by atoms with Crippen LogP contribution in [-0.4, -0.2) is 42.3 Å². The second kappa shape index (κ2) is 5.16. The molecule has 2 aliphatic rings. The Morgan fingerprint density at radius 2 is 2.24 bits per heavy atom. The van der Waals surface area contributed by atoms with E-state index in [-0.39, 0.29) is 12.1 Å². The maximum Gasteiger partial charge on any atom is 0.326 e. The van der Waals surface area contributed by atoms with Crippen LogP contribution in [-0.2, 0) is 14.3 Å². The molecule has 5 heteroatoms. The molecular formula is C12H21NO3S. The molecule has 0 aromatic heterocycles. The second-order valence-electron chi connectivity index (χ2n) is 5.02. The largest absolute Gasteiger partial charge is 0.468 e. The summed E-state index contributed by atoms with van der Waals surface area (Å²) in [4.78, 5) is 11.8. The molecule has 1 saturated carbocycles. The summed E-state index contributed by atoms with van der Waals surface area (Å²) in [6.45, 7) is 2.90. The molecule has 1 heterocycles. The van der Waals surface area contributed by atoms with Crippen LogP contribution in [0.25, 0.3) is 0 Å². The monoisotopic (exact) mass is 259 g/mol. The van der Waals surface area contributed by atoms with Crippen molar-refractivity contribution in [1.29, 1.82) is 0 Å². The molecule has 0 amide bonds. The molecule has 1 aliphatic carbocycles. The molecule has 17 heavy (non-hydrogen) atoms. The summed E-state index contributed by atoms with van der Waals surface area (Å²) in [5.41, 5.74) is 5.45. The molecule has 0 aromatic carbocycles. The van der Waals surface area contributed by atoms with E-state index in [9.17, 15) is 4.79 Å². The molecule has 3 unspecified atom stereocenters. The Labute approximate surface area is 107 Å². The summed E-state index contributed by atoms with van der Waals surface area (Å²) in [5.74, 6) is 0.682. The number of rotatable bonds is 5. The fourth-order valence-electron chi connectivity index (χ4n) is 2.31. The standard InChI is InChI=1S/C12H21NO3S/c1-8-10(5-6-16-8)17-7-12(13,9-3-4-9)11(14)15-2/h8-10H,3-7,13H2,1-2H3. The Bertz CT molecular complexity index is 295. The predicted octanol–water partition coefficient (Wildman–Crippen LogP) is 1.18. The van der Waals surface area contributed by atoms with Crippen molar-refractivity contribution in [1.82, 2.24) is 0 Å². The van der Waals surface area contributed by atoms with Gasteiger partial charge in [-0.15, -0.1) is 0 Å². The van der Waals surface area contributed by atoms with Crippen molar-refractivity contribution < 1.29 is 14.3 Å². The normalized spacial score (nSPS) is 32.2. The molecule has 0 radical (unpaired) electrons. The van der Waals surface area contributed by atoms with Gasteiger partial charge in [0.05, 0.1) is 13.2 Å². The van der Waals surface area contributed by atoms with Crippen LogP contribution in [0.15, 0.2) is 0 Å². The van der Waals surface area contributed by atoms with Gasteiger partial charge in [-0.1, -0.05) is 0 Å². The second-order valence-corrected chi connectivity index (χ2v) is 6.25. The summed E-state index contributed by atoms with van der Waals surface area (Å²) >= 11 is 1.76. The third-order valence-electron chi connectivity index (χ3n) is 3.71. The van der Waals surface area contributed by atoms with Crippen LogP contribution >= 0.6 is 11.8 Å². The van der Waals surface area contributed by atoms with E-state index < -0.39 is 5.54 Å². The lowest BCUT2D eigenvalue weighted by molar-refractivity contribution is -0.146. The lowest BCUT2D eigenvalue weighted by Crippen LogP contribution is -2.53. The Balaban J connectivity index is 1.91. The number of methoxy groups -OCH3 is 1. The molecule has 2 rings (SSSR count). The average Bonchev–Trinajstić information content (AvgIpc) is 3.10. The maximum atomic E-state index is 11.8. The van der Waals surface area contributed by atoms with Crippen molar-refractivity contribution in [3.8, 4) is 0 Å². The number of hydrogen-bond donors (Lipinski definition) is 1. The van der Waals surface area contributed by atoms with Crippen LogP contribution in [0.5, 0.6) is 0 Å². The minimum absolute atomic E-state index is 0.265. The van der Waals surface area contributed by atoms with Crippen LogP contribution in [0, 0.1) is 5.92 Å². The molecule has 0 aromatic rings. The first-order chi connectivity index (χ1) is 8.08.